The first-order valence-corrected chi connectivity index (χ1v) is 13.1. The molecule has 0 unspecified atom stereocenters. The van der Waals surface area contributed by atoms with Gasteiger partial charge in [-0.05, 0) is 88.4 Å². The average molecular weight is 527 g/mol. The number of nitrogens with zero attached hydrogens (tertiary/aromatic N) is 2. The van der Waals surface area contributed by atoms with E-state index in [1.807, 2.05) is 20.8 Å². The first-order chi connectivity index (χ1) is 17.9. The number of hydrogen-bond donors (Lipinski definition) is 2. The fourth-order valence-corrected chi connectivity index (χ4v) is 4.63. The third kappa shape index (κ3) is 6.82. The van der Waals surface area contributed by atoms with Gasteiger partial charge in [0.15, 0.2) is 5.96 Å². The lowest BCUT2D eigenvalue weighted by Gasteiger charge is -2.36. The van der Waals surface area contributed by atoms with Crippen LogP contribution >= 0.6 is 0 Å². The second-order valence-corrected chi connectivity index (χ2v) is 10.3. The number of fused-ring (bicyclic) bond motifs is 1. The van der Waals surface area contributed by atoms with Gasteiger partial charge >= 0.3 is 0 Å². The molecule has 2 aliphatic heterocycles. The molecule has 0 saturated carbocycles. The van der Waals surface area contributed by atoms with Crippen LogP contribution in [0.25, 0.3) is 0 Å². The number of hydrogen-bond acceptors (Lipinski definition) is 6. The number of benzene rings is 2. The van der Waals surface area contributed by atoms with Gasteiger partial charge < -0.3 is 20.9 Å². The normalized spacial score (nSPS) is 17.4. The SMILES string of the molecule is CC1(C)CCc2cc(F)ccc2O1.CCOc1ccc(C(N)=O)cc1CN1C(=O)CC(CC)(CC)N=C1N. The first-order valence-electron chi connectivity index (χ1n) is 13.1. The largest absolute Gasteiger partial charge is 0.494 e. The molecule has 4 N–H and O–H groups in total. The number of carbonyl (C=O) groups excluding carboxylic acids is 2. The summed E-state index contributed by atoms with van der Waals surface area (Å²) >= 11 is 0. The number of guanidine groups is 1. The Labute approximate surface area is 224 Å². The van der Waals surface area contributed by atoms with Gasteiger partial charge in [0.25, 0.3) is 0 Å². The van der Waals surface area contributed by atoms with Crippen molar-refractivity contribution in [3.05, 3.63) is 58.9 Å². The fraction of sp³-hybridized carbons (Fsp3) is 0.483. The number of ether oxygens (including phenoxy) is 2. The number of primary amides is 1. The minimum atomic E-state index is -0.535. The fourth-order valence-electron chi connectivity index (χ4n) is 4.63. The molecule has 2 heterocycles. The van der Waals surface area contributed by atoms with Crippen molar-refractivity contribution in [2.24, 2.45) is 16.5 Å². The summed E-state index contributed by atoms with van der Waals surface area (Å²) < 4.78 is 24.1. The lowest BCUT2D eigenvalue weighted by atomic mass is 9.88. The minimum absolute atomic E-state index is 0.0804. The topological polar surface area (TPSA) is 120 Å². The minimum Gasteiger partial charge on any atom is -0.494 e. The van der Waals surface area contributed by atoms with Crippen LogP contribution in [0.5, 0.6) is 11.5 Å². The van der Waals surface area contributed by atoms with Gasteiger partial charge in [-0.2, -0.15) is 0 Å². The smallest absolute Gasteiger partial charge is 0.248 e. The molecule has 8 nitrogen and oxygen atoms in total. The van der Waals surface area contributed by atoms with Gasteiger partial charge in [0.05, 0.1) is 25.1 Å². The number of halogens is 1. The monoisotopic (exact) mass is 526 g/mol. The highest BCUT2D eigenvalue weighted by Crippen LogP contribution is 2.33. The summed E-state index contributed by atoms with van der Waals surface area (Å²) in [6, 6.07) is 9.64. The lowest BCUT2D eigenvalue weighted by Crippen LogP contribution is -2.50. The van der Waals surface area contributed by atoms with Gasteiger partial charge in [-0.1, -0.05) is 13.8 Å². The molecule has 0 aromatic heterocycles. The molecular weight excluding hydrogens is 487 g/mol. The number of aliphatic imine (C=N–C) groups is 1. The molecule has 0 saturated heterocycles. The molecule has 0 radical (unpaired) electrons. The summed E-state index contributed by atoms with van der Waals surface area (Å²) in [6.45, 7) is 10.6. The quantitative estimate of drug-likeness (QED) is 0.541. The van der Waals surface area contributed by atoms with E-state index in [4.69, 9.17) is 20.9 Å². The van der Waals surface area contributed by atoms with Crippen LogP contribution < -0.4 is 20.9 Å². The van der Waals surface area contributed by atoms with E-state index in [0.29, 0.717) is 29.9 Å². The summed E-state index contributed by atoms with van der Waals surface area (Å²) in [7, 11) is 0. The predicted molar refractivity (Wildman–Crippen MR) is 146 cm³/mol. The van der Waals surface area contributed by atoms with E-state index in [1.165, 1.54) is 11.0 Å². The number of amides is 2. The molecule has 2 aromatic rings. The Kier molecular flexibility index (Phi) is 9.01. The van der Waals surface area contributed by atoms with Crippen LogP contribution in [0.2, 0.25) is 0 Å². The molecule has 2 amide bonds. The summed E-state index contributed by atoms with van der Waals surface area (Å²) in [5.74, 6) is 0.831. The van der Waals surface area contributed by atoms with Gasteiger partial charge in [0.1, 0.15) is 22.9 Å². The van der Waals surface area contributed by atoms with Crippen molar-refractivity contribution in [3.63, 3.8) is 0 Å². The maximum Gasteiger partial charge on any atom is 0.248 e. The number of nitrogens with two attached hydrogens (primary N) is 2. The van der Waals surface area contributed by atoms with Gasteiger partial charge in [-0.15, -0.1) is 0 Å². The van der Waals surface area contributed by atoms with Crippen LogP contribution in [0.3, 0.4) is 0 Å². The van der Waals surface area contributed by atoms with E-state index in [0.717, 1.165) is 37.0 Å². The van der Waals surface area contributed by atoms with Crippen molar-refractivity contribution < 1.29 is 23.5 Å². The number of rotatable bonds is 7. The Morgan fingerprint density at radius 3 is 2.47 bits per heavy atom. The zero-order valence-corrected chi connectivity index (χ0v) is 23.0. The molecule has 9 heteroatoms. The molecule has 0 aliphatic carbocycles. The van der Waals surface area contributed by atoms with Crippen LogP contribution in [0, 0.1) is 5.82 Å². The molecule has 0 fully saturated rings. The van der Waals surface area contributed by atoms with Crippen LogP contribution in [0.15, 0.2) is 41.4 Å². The van der Waals surface area contributed by atoms with Gasteiger partial charge in [0.2, 0.25) is 11.8 Å². The van der Waals surface area contributed by atoms with Crippen molar-refractivity contribution in [3.8, 4) is 11.5 Å². The van der Waals surface area contributed by atoms with Gasteiger partial charge in [0, 0.05) is 11.1 Å². The summed E-state index contributed by atoms with van der Waals surface area (Å²) in [5, 5.41) is 0. The summed E-state index contributed by atoms with van der Waals surface area (Å²) in [6.07, 6.45) is 3.68. The first kappa shape index (κ1) is 28.9. The van der Waals surface area contributed by atoms with E-state index in [9.17, 15) is 14.0 Å². The molecular formula is C29H39FN4O4. The van der Waals surface area contributed by atoms with Crippen molar-refractivity contribution in [1.82, 2.24) is 4.90 Å². The molecule has 0 bridgehead atoms. The van der Waals surface area contributed by atoms with Crippen LogP contribution in [0.4, 0.5) is 4.39 Å². The maximum atomic E-state index is 12.8. The Balaban J connectivity index is 0.000000256. The van der Waals surface area contributed by atoms with E-state index < -0.39 is 11.4 Å². The third-order valence-electron chi connectivity index (χ3n) is 7.10. The van der Waals surface area contributed by atoms with Crippen molar-refractivity contribution in [1.29, 1.82) is 0 Å². The molecule has 38 heavy (non-hydrogen) atoms. The highest BCUT2D eigenvalue weighted by atomic mass is 19.1. The highest BCUT2D eigenvalue weighted by molar-refractivity contribution is 5.99. The second kappa shape index (κ2) is 11.8. The molecule has 206 valence electrons. The van der Waals surface area contributed by atoms with Crippen molar-refractivity contribution in [2.75, 3.05) is 6.61 Å². The van der Waals surface area contributed by atoms with Crippen LogP contribution in [0.1, 0.15) is 81.8 Å². The Morgan fingerprint density at radius 2 is 1.87 bits per heavy atom. The summed E-state index contributed by atoms with van der Waals surface area (Å²) in [4.78, 5) is 30.1. The van der Waals surface area contributed by atoms with E-state index >= 15 is 0 Å². The third-order valence-corrected chi connectivity index (χ3v) is 7.10. The lowest BCUT2D eigenvalue weighted by molar-refractivity contribution is -0.130. The second-order valence-electron chi connectivity index (χ2n) is 10.3. The summed E-state index contributed by atoms with van der Waals surface area (Å²) in [5.41, 5.74) is 12.9. The van der Waals surface area contributed by atoms with E-state index in [-0.39, 0.29) is 29.8 Å². The van der Waals surface area contributed by atoms with Crippen LogP contribution in [-0.2, 0) is 17.8 Å². The van der Waals surface area contributed by atoms with Crippen molar-refractivity contribution >= 4 is 17.8 Å². The van der Waals surface area contributed by atoms with Gasteiger partial charge in [-0.25, -0.2) is 9.38 Å². The Hall–Kier alpha value is -3.62. The standard InChI is InChI=1S/C18H26N4O3.C11H13FO/c1-4-18(5-2)10-15(23)22(17(20)21-18)11-13-9-12(16(19)24)7-8-14(13)25-6-3;1-11(2)6-5-8-7-9(12)3-4-10(8)13-11/h7-9H,4-6,10-11H2,1-3H3,(H2,19,24)(H2,20,21);3-4,7H,5-6H2,1-2H3. The zero-order valence-electron chi connectivity index (χ0n) is 23.0. The van der Waals surface area contributed by atoms with E-state index in [2.05, 4.69) is 18.8 Å². The van der Waals surface area contributed by atoms with Gasteiger partial charge in [-0.3, -0.25) is 14.5 Å². The molecule has 4 rings (SSSR count). The average Bonchev–Trinajstić information content (AvgIpc) is 2.87. The number of carbonyl (C=O) groups is 2. The molecule has 2 aromatic carbocycles. The highest BCUT2D eigenvalue weighted by Gasteiger charge is 2.37. The van der Waals surface area contributed by atoms with E-state index in [1.54, 1.807) is 30.3 Å². The molecule has 2 aliphatic rings. The van der Waals surface area contributed by atoms with Crippen molar-refractivity contribution in [2.45, 2.75) is 84.4 Å². The Morgan fingerprint density at radius 1 is 1.16 bits per heavy atom. The zero-order chi connectivity index (χ0) is 28.1. The maximum absolute atomic E-state index is 12.8. The van der Waals surface area contributed by atoms with Crippen LogP contribution in [-0.4, -0.2) is 40.4 Å². The Bertz CT molecular complexity index is 1210. The number of aryl methyl sites for hydroxylation is 1. The predicted octanol–water partition coefficient (Wildman–Crippen LogP) is 4.72. The molecule has 0 spiro atoms. The molecule has 0 atom stereocenters.